The second kappa shape index (κ2) is 2.17. The lowest BCUT2D eigenvalue weighted by Crippen LogP contribution is -2.35. The Morgan fingerprint density at radius 3 is 1.82 bits per heavy atom. The zero-order chi connectivity index (χ0) is 8.06. The molecule has 0 heterocycles. The lowest BCUT2D eigenvalue weighted by Gasteiger charge is -2.41. The molecule has 0 aromatic heterocycles. The topological polar surface area (TPSA) is 0 Å². The van der Waals surface area contributed by atoms with E-state index in [1.54, 1.807) is 0 Å². The molecular weight excluding hydrogens is 152 g/mol. The second-order valence-corrected chi connectivity index (χ2v) is 3.95. The van der Waals surface area contributed by atoms with Crippen molar-refractivity contribution in [1.29, 1.82) is 0 Å². The van der Waals surface area contributed by atoms with Crippen molar-refractivity contribution in [3.63, 3.8) is 0 Å². The van der Waals surface area contributed by atoms with Gasteiger partial charge in [0.1, 0.15) is 0 Å². The highest BCUT2D eigenvalue weighted by atomic mass is 19.4. The van der Waals surface area contributed by atoms with Crippen molar-refractivity contribution in [1.82, 2.24) is 0 Å². The molecule has 0 aromatic rings. The summed E-state index contributed by atoms with van der Waals surface area (Å²) < 4.78 is 36.1. The van der Waals surface area contributed by atoms with Crippen LogP contribution in [-0.2, 0) is 0 Å². The maximum Gasteiger partial charge on any atom is 0.481 e. The highest BCUT2D eigenvalue weighted by Gasteiger charge is 2.47. The van der Waals surface area contributed by atoms with Crippen molar-refractivity contribution in [3.05, 3.63) is 0 Å². The maximum atomic E-state index is 12.0. The molecule has 2 saturated carbocycles. The minimum absolute atomic E-state index is 0.434. The van der Waals surface area contributed by atoms with Gasteiger partial charge in [0.2, 0.25) is 0 Å². The lowest BCUT2D eigenvalue weighted by atomic mass is 9.55. The van der Waals surface area contributed by atoms with Crippen LogP contribution in [0.1, 0.15) is 25.7 Å². The first-order chi connectivity index (χ1) is 5.07. The van der Waals surface area contributed by atoms with Gasteiger partial charge in [-0.3, -0.25) is 0 Å². The molecule has 0 aliphatic heterocycles. The van der Waals surface area contributed by atoms with Crippen molar-refractivity contribution < 1.29 is 12.9 Å². The van der Waals surface area contributed by atoms with Gasteiger partial charge in [-0.15, -0.1) is 0 Å². The van der Waals surface area contributed by atoms with E-state index in [-0.39, 0.29) is 0 Å². The van der Waals surface area contributed by atoms with Crippen molar-refractivity contribution in [2.75, 3.05) is 0 Å². The first-order valence-electron chi connectivity index (χ1n) is 4.27. The van der Waals surface area contributed by atoms with Gasteiger partial charge in [0.25, 0.3) is 0 Å². The molecule has 2 fully saturated rings. The van der Waals surface area contributed by atoms with Crippen LogP contribution in [0.25, 0.3) is 0 Å². The van der Waals surface area contributed by atoms with Gasteiger partial charge in [0.15, 0.2) is 0 Å². The molecule has 0 radical (unpaired) electrons. The van der Waals surface area contributed by atoms with Crippen LogP contribution in [0.15, 0.2) is 0 Å². The first kappa shape index (κ1) is 7.50. The first-order valence-corrected chi connectivity index (χ1v) is 4.27. The summed E-state index contributed by atoms with van der Waals surface area (Å²) in [7, 11) is 0. The van der Waals surface area contributed by atoms with Crippen LogP contribution >= 0.6 is 0 Å². The maximum absolute atomic E-state index is 12.0. The molecule has 11 heavy (non-hydrogen) atoms. The Kier molecular flexibility index (Phi) is 1.48. The van der Waals surface area contributed by atoms with Crippen LogP contribution in [0.3, 0.4) is 0 Å². The molecule has 2 aliphatic carbocycles. The van der Waals surface area contributed by atoms with Crippen molar-refractivity contribution in [2.45, 2.75) is 31.5 Å². The fourth-order valence-corrected chi connectivity index (χ4v) is 1.97. The number of rotatable bonds is 2. The summed E-state index contributed by atoms with van der Waals surface area (Å²) in [6, 6.07) is 0. The largest absolute Gasteiger partial charge is 0.481 e. The van der Waals surface area contributed by atoms with E-state index in [1.165, 1.54) is 12.8 Å². The molecule has 4 heteroatoms. The van der Waals surface area contributed by atoms with E-state index in [2.05, 4.69) is 0 Å². The van der Waals surface area contributed by atoms with Gasteiger partial charge in [-0.1, -0.05) is 18.7 Å². The summed E-state index contributed by atoms with van der Waals surface area (Å²) in [5, 5.41) is 0. The standard InChI is InChI=1S/C7H11BF3/c9-8(10,11)7-3-6(4-7)5-1-2-5/h5-7H,1-4H2/q-1. The Hall–Kier alpha value is -0.145. The molecule has 0 aromatic carbocycles. The van der Waals surface area contributed by atoms with Gasteiger partial charge >= 0.3 is 6.98 Å². The fraction of sp³-hybridized carbons (Fsp3) is 1.00. The van der Waals surface area contributed by atoms with Crippen molar-refractivity contribution in [2.24, 2.45) is 11.8 Å². The summed E-state index contributed by atoms with van der Waals surface area (Å²) in [4.78, 5) is 0. The fourth-order valence-electron chi connectivity index (χ4n) is 1.97. The van der Waals surface area contributed by atoms with E-state index in [1.807, 2.05) is 0 Å². The molecule has 0 amide bonds. The van der Waals surface area contributed by atoms with Crippen LogP contribution in [0.5, 0.6) is 0 Å². The average Bonchev–Trinajstić information content (AvgIpc) is 2.38. The monoisotopic (exact) mass is 163 g/mol. The Morgan fingerprint density at radius 1 is 0.909 bits per heavy atom. The summed E-state index contributed by atoms with van der Waals surface area (Å²) in [5.41, 5.74) is 0. The molecular formula is C7H11BF3-. The molecule has 2 aliphatic rings. The number of halogens is 3. The van der Waals surface area contributed by atoms with Gasteiger partial charge in [-0.05, 0) is 24.7 Å². The van der Waals surface area contributed by atoms with Crippen molar-refractivity contribution >= 4 is 6.98 Å². The molecule has 0 nitrogen and oxygen atoms in total. The normalized spacial score (nSPS) is 38.5. The van der Waals surface area contributed by atoms with E-state index in [9.17, 15) is 12.9 Å². The Bertz CT molecular complexity index is 156. The number of hydrogen-bond donors (Lipinski definition) is 0. The smallest absolute Gasteiger partial charge is 0.449 e. The Labute approximate surface area is 64.2 Å². The molecule has 0 unspecified atom stereocenters. The summed E-state index contributed by atoms with van der Waals surface area (Å²) in [6.45, 7) is -4.51. The predicted octanol–water partition coefficient (Wildman–Crippen LogP) is 3.02. The van der Waals surface area contributed by atoms with E-state index >= 15 is 0 Å². The molecule has 2 rings (SSSR count). The lowest BCUT2D eigenvalue weighted by molar-refractivity contribution is 0.231. The van der Waals surface area contributed by atoms with Crippen LogP contribution in [0.4, 0.5) is 12.9 Å². The van der Waals surface area contributed by atoms with Gasteiger partial charge < -0.3 is 12.9 Å². The molecule has 0 bridgehead atoms. The van der Waals surface area contributed by atoms with Crippen LogP contribution in [-0.4, -0.2) is 6.98 Å². The second-order valence-electron chi connectivity index (χ2n) is 3.95. The Morgan fingerprint density at radius 2 is 1.45 bits per heavy atom. The third kappa shape index (κ3) is 1.40. The Balaban J connectivity index is 1.78. The van der Waals surface area contributed by atoms with Gasteiger partial charge in [0, 0.05) is 0 Å². The van der Waals surface area contributed by atoms with E-state index < -0.39 is 12.8 Å². The number of hydrogen-bond acceptors (Lipinski definition) is 0. The van der Waals surface area contributed by atoms with E-state index in [0.29, 0.717) is 24.7 Å². The summed E-state index contributed by atoms with van der Waals surface area (Å²) >= 11 is 0. The third-order valence-electron chi connectivity index (χ3n) is 3.03. The molecule has 0 spiro atoms. The third-order valence-corrected chi connectivity index (χ3v) is 3.03. The molecule has 0 atom stereocenters. The molecule has 0 N–H and O–H groups in total. The predicted molar refractivity (Wildman–Crippen MR) is 38.3 cm³/mol. The highest BCUT2D eigenvalue weighted by Crippen LogP contribution is 2.55. The van der Waals surface area contributed by atoms with Crippen LogP contribution in [0, 0.1) is 11.8 Å². The average molecular weight is 163 g/mol. The van der Waals surface area contributed by atoms with Gasteiger partial charge in [-0.2, -0.15) is 0 Å². The van der Waals surface area contributed by atoms with E-state index in [4.69, 9.17) is 0 Å². The summed E-state index contributed by atoms with van der Waals surface area (Å²) in [6.07, 6.45) is 3.24. The van der Waals surface area contributed by atoms with Crippen LogP contribution < -0.4 is 0 Å². The summed E-state index contributed by atoms with van der Waals surface area (Å²) in [5.74, 6) is 0.202. The highest BCUT2D eigenvalue weighted by molar-refractivity contribution is 6.60. The quantitative estimate of drug-likeness (QED) is 0.548. The van der Waals surface area contributed by atoms with Gasteiger partial charge in [-0.25, -0.2) is 0 Å². The zero-order valence-corrected chi connectivity index (χ0v) is 6.27. The zero-order valence-electron chi connectivity index (χ0n) is 6.27. The van der Waals surface area contributed by atoms with Gasteiger partial charge in [0.05, 0.1) is 0 Å². The minimum Gasteiger partial charge on any atom is -0.449 e. The minimum atomic E-state index is -4.51. The molecule has 64 valence electrons. The van der Waals surface area contributed by atoms with Crippen LogP contribution in [0.2, 0.25) is 5.82 Å². The molecule has 0 saturated heterocycles. The van der Waals surface area contributed by atoms with E-state index in [0.717, 1.165) is 0 Å². The van der Waals surface area contributed by atoms with Crippen molar-refractivity contribution in [3.8, 4) is 0 Å². The SMILES string of the molecule is F[B-](F)(F)C1CC(C2CC2)C1.